The molecule has 0 bridgehead atoms. The number of benzene rings is 1. The van der Waals surface area contributed by atoms with Crippen LogP contribution in [0.25, 0.3) is 0 Å². The molecule has 0 aromatic heterocycles. The number of anilines is 1. The van der Waals surface area contributed by atoms with Gasteiger partial charge in [0.05, 0.1) is 18.8 Å². The summed E-state index contributed by atoms with van der Waals surface area (Å²) in [5.41, 5.74) is 0.654. The Hall–Kier alpha value is -2.61. The fourth-order valence-corrected chi connectivity index (χ4v) is 2.75. The highest BCUT2D eigenvalue weighted by molar-refractivity contribution is 6.00. The number of hydrogen-bond donors (Lipinski definition) is 0. The van der Waals surface area contributed by atoms with Crippen molar-refractivity contribution in [2.75, 3.05) is 52.3 Å². The summed E-state index contributed by atoms with van der Waals surface area (Å²) in [4.78, 5) is 41.7. The van der Waals surface area contributed by atoms with Crippen molar-refractivity contribution in [3.63, 3.8) is 0 Å². The molecule has 1 aliphatic rings. The number of carbonyl (C=O) groups excluding carboxylic acids is 3. The first-order valence-electron chi connectivity index (χ1n) is 8.89. The van der Waals surface area contributed by atoms with Gasteiger partial charge in [-0.05, 0) is 19.1 Å². The second-order valence-corrected chi connectivity index (χ2v) is 6.56. The monoisotopic (exact) mass is 377 g/mol. The van der Waals surface area contributed by atoms with Crippen molar-refractivity contribution >= 4 is 23.4 Å². The fourth-order valence-electron chi connectivity index (χ4n) is 2.75. The zero-order valence-electron chi connectivity index (χ0n) is 16.3. The summed E-state index contributed by atoms with van der Waals surface area (Å²) < 4.78 is 10.6. The van der Waals surface area contributed by atoms with E-state index in [2.05, 4.69) is 0 Å². The van der Waals surface area contributed by atoms with Crippen LogP contribution < -0.4 is 9.64 Å². The van der Waals surface area contributed by atoms with Crippen LogP contribution >= 0.6 is 0 Å². The van der Waals surface area contributed by atoms with E-state index in [1.54, 1.807) is 45.2 Å². The SMILES string of the molecule is COCCN(CC(=O)N(C)C)C(=O)CCN1C(=O)C(C)Oc2ccccc21. The van der Waals surface area contributed by atoms with Gasteiger partial charge in [-0.25, -0.2) is 0 Å². The van der Waals surface area contributed by atoms with Crippen LogP contribution in [0.3, 0.4) is 0 Å². The molecule has 27 heavy (non-hydrogen) atoms. The molecule has 0 spiro atoms. The number of methoxy groups -OCH3 is 1. The Morgan fingerprint density at radius 3 is 2.59 bits per heavy atom. The quantitative estimate of drug-likeness (QED) is 0.668. The van der Waals surface area contributed by atoms with Crippen LogP contribution in [0.1, 0.15) is 13.3 Å². The summed E-state index contributed by atoms with van der Waals surface area (Å²) in [6.07, 6.45) is -0.494. The van der Waals surface area contributed by atoms with Crippen LogP contribution in [0, 0.1) is 0 Å². The van der Waals surface area contributed by atoms with Crippen molar-refractivity contribution in [3.8, 4) is 5.75 Å². The first kappa shape index (κ1) is 20.7. The molecule has 1 aromatic carbocycles. The van der Waals surface area contributed by atoms with Gasteiger partial charge in [0.25, 0.3) is 5.91 Å². The molecular formula is C19H27N3O5. The minimum Gasteiger partial charge on any atom is -0.479 e. The predicted molar refractivity (Wildman–Crippen MR) is 101 cm³/mol. The van der Waals surface area contributed by atoms with Crippen molar-refractivity contribution in [2.45, 2.75) is 19.4 Å². The van der Waals surface area contributed by atoms with E-state index in [9.17, 15) is 14.4 Å². The van der Waals surface area contributed by atoms with E-state index >= 15 is 0 Å². The van der Waals surface area contributed by atoms with Gasteiger partial charge < -0.3 is 24.2 Å². The fraction of sp³-hybridized carbons (Fsp3) is 0.526. The molecule has 3 amide bonds. The van der Waals surface area contributed by atoms with Crippen molar-refractivity contribution in [1.82, 2.24) is 9.80 Å². The van der Waals surface area contributed by atoms with Gasteiger partial charge in [0.2, 0.25) is 11.8 Å². The summed E-state index contributed by atoms with van der Waals surface area (Å²) in [5.74, 6) is 0.0675. The molecule has 0 fully saturated rings. The molecule has 0 aliphatic carbocycles. The van der Waals surface area contributed by atoms with E-state index in [-0.39, 0.29) is 37.2 Å². The lowest BCUT2D eigenvalue weighted by Crippen LogP contribution is -2.47. The third-order valence-electron chi connectivity index (χ3n) is 4.37. The molecule has 0 radical (unpaired) electrons. The second kappa shape index (κ2) is 9.36. The molecule has 1 atom stereocenters. The van der Waals surface area contributed by atoms with Crippen molar-refractivity contribution in [3.05, 3.63) is 24.3 Å². The third-order valence-corrected chi connectivity index (χ3v) is 4.37. The second-order valence-electron chi connectivity index (χ2n) is 6.56. The molecule has 0 saturated heterocycles. The molecule has 148 valence electrons. The largest absolute Gasteiger partial charge is 0.479 e. The lowest BCUT2D eigenvalue weighted by molar-refractivity contribution is -0.139. The number of likely N-dealkylation sites (N-methyl/N-ethyl adjacent to an activating group) is 1. The van der Waals surface area contributed by atoms with Crippen LogP contribution in [-0.2, 0) is 19.1 Å². The van der Waals surface area contributed by atoms with Crippen LogP contribution in [0.15, 0.2) is 24.3 Å². The third kappa shape index (κ3) is 5.19. The van der Waals surface area contributed by atoms with Crippen molar-refractivity contribution in [2.24, 2.45) is 0 Å². The highest BCUT2D eigenvalue weighted by atomic mass is 16.5. The molecular weight excluding hydrogens is 350 g/mol. The van der Waals surface area contributed by atoms with Crippen molar-refractivity contribution in [1.29, 1.82) is 0 Å². The van der Waals surface area contributed by atoms with Crippen LogP contribution in [-0.4, -0.2) is 81.1 Å². The molecule has 1 aromatic rings. The number of nitrogens with zero attached hydrogens (tertiary/aromatic N) is 3. The van der Waals surface area contributed by atoms with Crippen LogP contribution in [0.4, 0.5) is 5.69 Å². The standard InChI is InChI=1S/C19H27N3O5/c1-14-19(25)22(15-7-5-6-8-16(15)27-14)10-9-17(23)21(11-12-26-4)13-18(24)20(2)3/h5-8,14H,9-13H2,1-4H3. The van der Waals surface area contributed by atoms with Gasteiger partial charge >= 0.3 is 0 Å². The molecule has 1 aliphatic heterocycles. The minimum absolute atomic E-state index is 0.0146. The lowest BCUT2D eigenvalue weighted by Gasteiger charge is -2.33. The summed E-state index contributed by atoms with van der Waals surface area (Å²) in [6.45, 7) is 2.55. The number of para-hydroxylation sites is 2. The van der Waals surface area contributed by atoms with Gasteiger partial charge in [-0.2, -0.15) is 0 Å². The van der Waals surface area contributed by atoms with E-state index < -0.39 is 6.10 Å². The first-order valence-corrected chi connectivity index (χ1v) is 8.89. The molecule has 8 nitrogen and oxygen atoms in total. The summed E-state index contributed by atoms with van der Waals surface area (Å²) >= 11 is 0. The average Bonchev–Trinajstić information content (AvgIpc) is 2.64. The normalized spacial score (nSPS) is 15.8. The maximum atomic E-state index is 12.7. The zero-order chi connectivity index (χ0) is 20.0. The topological polar surface area (TPSA) is 79.4 Å². The van der Waals surface area contributed by atoms with Gasteiger partial charge in [0, 0.05) is 40.7 Å². The smallest absolute Gasteiger partial charge is 0.267 e. The van der Waals surface area contributed by atoms with Crippen LogP contribution in [0.2, 0.25) is 0 Å². The Balaban J connectivity index is 2.07. The maximum Gasteiger partial charge on any atom is 0.267 e. The summed E-state index contributed by atoms with van der Waals surface area (Å²) in [6, 6.07) is 7.25. The predicted octanol–water partition coefficient (Wildman–Crippen LogP) is 0.754. The van der Waals surface area contributed by atoms with E-state index in [1.807, 2.05) is 12.1 Å². The Morgan fingerprint density at radius 1 is 1.22 bits per heavy atom. The Bertz CT molecular complexity index is 692. The molecule has 1 unspecified atom stereocenters. The lowest BCUT2D eigenvalue weighted by atomic mass is 10.1. The molecule has 0 saturated carbocycles. The van der Waals surface area contributed by atoms with Crippen molar-refractivity contribution < 1.29 is 23.9 Å². The molecule has 0 N–H and O–H groups in total. The number of ether oxygens (including phenoxy) is 2. The van der Waals surface area contributed by atoms with Gasteiger partial charge in [-0.3, -0.25) is 14.4 Å². The molecule has 2 rings (SSSR count). The van der Waals surface area contributed by atoms with Gasteiger partial charge in [-0.1, -0.05) is 12.1 Å². The van der Waals surface area contributed by atoms with Gasteiger partial charge in [-0.15, -0.1) is 0 Å². The van der Waals surface area contributed by atoms with E-state index in [4.69, 9.17) is 9.47 Å². The number of hydrogen-bond acceptors (Lipinski definition) is 5. The average molecular weight is 377 g/mol. The Labute approximate surface area is 159 Å². The highest BCUT2D eigenvalue weighted by Crippen LogP contribution is 2.33. The van der Waals surface area contributed by atoms with E-state index in [0.717, 1.165) is 0 Å². The first-order chi connectivity index (χ1) is 12.8. The Morgan fingerprint density at radius 2 is 1.93 bits per heavy atom. The minimum atomic E-state index is -0.602. The zero-order valence-corrected chi connectivity index (χ0v) is 16.3. The maximum absolute atomic E-state index is 12.7. The van der Waals surface area contributed by atoms with Gasteiger partial charge in [0.15, 0.2) is 6.10 Å². The Kier molecular flexibility index (Phi) is 7.18. The number of fused-ring (bicyclic) bond motifs is 1. The number of rotatable bonds is 8. The summed E-state index contributed by atoms with van der Waals surface area (Å²) in [5, 5.41) is 0. The molecule has 8 heteroatoms. The summed E-state index contributed by atoms with van der Waals surface area (Å²) in [7, 11) is 4.83. The van der Waals surface area contributed by atoms with E-state index in [1.165, 1.54) is 9.80 Å². The number of amides is 3. The number of carbonyl (C=O) groups is 3. The van der Waals surface area contributed by atoms with Crippen LogP contribution in [0.5, 0.6) is 5.75 Å². The van der Waals surface area contributed by atoms with Gasteiger partial charge in [0.1, 0.15) is 5.75 Å². The molecule has 1 heterocycles. The van der Waals surface area contributed by atoms with E-state index in [0.29, 0.717) is 24.6 Å². The highest BCUT2D eigenvalue weighted by Gasteiger charge is 2.31.